The molecule has 58 heavy (non-hydrogen) atoms. The number of hydrogen-bond acceptors (Lipinski definition) is 9. The van der Waals surface area contributed by atoms with Gasteiger partial charge in [-0.15, -0.1) is 0 Å². The second-order valence-corrected chi connectivity index (χ2v) is 18.6. The molecule has 4 atom stereocenters. The number of rotatable bonds is 22. The predicted molar refractivity (Wildman–Crippen MR) is 223 cm³/mol. The molecule has 0 bridgehead atoms. The first kappa shape index (κ1) is 46.1. The fraction of sp³-hybridized carbons (Fsp3) is 0.415. The van der Waals surface area contributed by atoms with Gasteiger partial charge in [-0.05, 0) is 60.1 Å². The van der Waals surface area contributed by atoms with Crippen LogP contribution >= 0.6 is 0 Å². The van der Waals surface area contributed by atoms with E-state index in [2.05, 4.69) is 30.0 Å². The molecule has 2 aromatic heterocycles. The highest BCUT2D eigenvalue weighted by Gasteiger charge is 2.37. The average molecular weight is 837 g/mol. The molecule has 0 saturated heterocycles. The van der Waals surface area contributed by atoms with Crippen molar-refractivity contribution in [2.45, 2.75) is 83.9 Å². The standard InChI is InChI=1S/C41H56N8O7S2/c1-29(2)37(46-57(53,54)48(5)27-33-21-13-15-23-42-33)40(51)44-35(25-31-17-9-7-10-18-31)39(50)36(26-32-19-11-8-12-20-32)45-41(52)38(30(3)4)47-58(55,56)49(6)28-34-22-14-16-24-43-34/h7-24,29-30,35-39,46-47,50H,25-28H2,1-6H3,(H,44,51)(H,45,52)/t35-,36-,37?,38?,39?/m0/s1. The predicted octanol–water partition coefficient (Wildman–Crippen LogP) is 2.57. The molecule has 15 nitrogen and oxygen atoms in total. The van der Waals surface area contributed by atoms with Crippen LogP contribution in [-0.4, -0.2) is 96.7 Å². The molecule has 0 saturated carbocycles. The third-order valence-electron chi connectivity index (χ3n) is 9.57. The lowest BCUT2D eigenvalue weighted by molar-refractivity contribution is -0.126. The van der Waals surface area contributed by atoms with Crippen LogP contribution in [0.2, 0.25) is 0 Å². The first-order chi connectivity index (χ1) is 27.5. The van der Waals surface area contributed by atoms with Gasteiger partial charge in [-0.2, -0.15) is 34.9 Å². The van der Waals surface area contributed by atoms with E-state index < -0.39 is 74.3 Å². The number of hydrogen-bond donors (Lipinski definition) is 5. The van der Waals surface area contributed by atoms with E-state index in [-0.39, 0.29) is 25.9 Å². The first-order valence-corrected chi connectivity index (χ1v) is 22.0. The van der Waals surface area contributed by atoms with Crippen LogP contribution in [0.1, 0.15) is 50.2 Å². The summed E-state index contributed by atoms with van der Waals surface area (Å²) in [6, 6.07) is 24.0. The third kappa shape index (κ3) is 13.8. The van der Waals surface area contributed by atoms with Crippen LogP contribution < -0.4 is 20.1 Å². The summed E-state index contributed by atoms with van der Waals surface area (Å²) in [6.45, 7) is 6.74. The van der Waals surface area contributed by atoms with Crippen LogP contribution in [0, 0.1) is 11.8 Å². The maximum absolute atomic E-state index is 14.1. The number of nitrogens with one attached hydrogen (secondary N) is 4. The summed E-state index contributed by atoms with van der Waals surface area (Å²) in [4.78, 5) is 36.7. The number of amides is 2. The van der Waals surface area contributed by atoms with Crippen molar-refractivity contribution in [1.29, 1.82) is 0 Å². The van der Waals surface area contributed by atoms with Crippen LogP contribution in [0.4, 0.5) is 0 Å². The van der Waals surface area contributed by atoms with Crippen LogP contribution in [0.15, 0.2) is 109 Å². The Hall–Kier alpha value is -4.62. The van der Waals surface area contributed by atoms with E-state index in [9.17, 15) is 31.5 Å². The van der Waals surface area contributed by atoms with Crippen molar-refractivity contribution in [2.75, 3.05) is 14.1 Å². The second kappa shape index (κ2) is 21.4. The molecule has 4 rings (SSSR count). The monoisotopic (exact) mass is 836 g/mol. The molecule has 17 heteroatoms. The Morgan fingerprint density at radius 1 is 0.586 bits per heavy atom. The number of aliphatic hydroxyl groups is 1. The second-order valence-electron chi connectivity index (χ2n) is 14.9. The lowest BCUT2D eigenvalue weighted by Gasteiger charge is -2.34. The molecule has 0 aliphatic rings. The Bertz CT molecular complexity index is 1950. The average Bonchev–Trinajstić information content (AvgIpc) is 3.19. The van der Waals surface area contributed by atoms with Gasteiger partial charge >= 0.3 is 0 Å². The summed E-state index contributed by atoms with van der Waals surface area (Å²) in [6.07, 6.45) is 1.91. The molecule has 4 aromatic rings. The number of pyridine rings is 2. The Morgan fingerprint density at radius 3 is 1.24 bits per heavy atom. The van der Waals surface area contributed by atoms with E-state index in [0.717, 1.165) is 19.7 Å². The smallest absolute Gasteiger partial charge is 0.280 e. The molecule has 2 amide bonds. The summed E-state index contributed by atoms with van der Waals surface area (Å²) in [5.74, 6) is -2.39. The first-order valence-electron chi connectivity index (χ1n) is 19.1. The topological polar surface area (TPSA) is 203 Å². The molecule has 0 radical (unpaired) electrons. The Kier molecular flexibility index (Phi) is 17.0. The van der Waals surface area contributed by atoms with Gasteiger partial charge in [0.2, 0.25) is 11.8 Å². The van der Waals surface area contributed by atoms with Crippen molar-refractivity contribution in [1.82, 2.24) is 38.7 Å². The van der Waals surface area contributed by atoms with E-state index >= 15 is 0 Å². The largest absolute Gasteiger partial charge is 0.389 e. The number of aromatic nitrogens is 2. The molecule has 0 aliphatic heterocycles. The molecular weight excluding hydrogens is 781 g/mol. The molecule has 0 aliphatic carbocycles. The minimum Gasteiger partial charge on any atom is -0.389 e. The van der Waals surface area contributed by atoms with Crippen LogP contribution in [0.5, 0.6) is 0 Å². The normalized spacial score (nSPS) is 14.9. The Balaban J connectivity index is 1.62. The van der Waals surface area contributed by atoms with E-state index in [4.69, 9.17) is 0 Å². The molecule has 0 spiro atoms. The Labute approximate surface area is 343 Å². The lowest BCUT2D eigenvalue weighted by Crippen LogP contribution is -2.62. The van der Waals surface area contributed by atoms with E-state index in [1.165, 1.54) is 14.1 Å². The number of carbonyl (C=O) groups excluding carboxylic acids is 2. The summed E-state index contributed by atoms with van der Waals surface area (Å²) in [5.41, 5.74) is 2.55. The fourth-order valence-corrected chi connectivity index (χ4v) is 8.54. The van der Waals surface area contributed by atoms with Crippen LogP contribution in [-0.2, 0) is 55.9 Å². The van der Waals surface area contributed by atoms with E-state index in [0.29, 0.717) is 11.4 Å². The number of aliphatic hydroxyl groups excluding tert-OH is 1. The molecule has 5 N–H and O–H groups in total. The van der Waals surface area contributed by atoms with Gasteiger partial charge in [0, 0.05) is 26.5 Å². The van der Waals surface area contributed by atoms with Gasteiger partial charge in [-0.3, -0.25) is 19.6 Å². The van der Waals surface area contributed by atoms with Gasteiger partial charge in [0.05, 0.1) is 42.7 Å². The zero-order chi connectivity index (χ0) is 42.5. The van der Waals surface area contributed by atoms with Crippen molar-refractivity contribution in [2.24, 2.45) is 11.8 Å². The maximum Gasteiger partial charge on any atom is 0.280 e. The third-order valence-corrected chi connectivity index (χ3v) is 12.6. The molecule has 2 unspecified atom stereocenters. The number of carbonyl (C=O) groups is 2. The van der Waals surface area contributed by atoms with Crippen molar-refractivity contribution in [3.63, 3.8) is 0 Å². The van der Waals surface area contributed by atoms with Crippen molar-refractivity contribution >= 4 is 32.2 Å². The summed E-state index contributed by atoms with van der Waals surface area (Å²) < 4.78 is 61.2. The van der Waals surface area contributed by atoms with Gasteiger partial charge in [0.1, 0.15) is 12.1 Å². The fourth-order valence-electron chi connectivity index (χ4n) is 6.17. The Morgan fingerprint density at radius 2 is 0.931 bits per heavy atom. The highest BCUT2D eigenvalue weighted by Crippen LogP contribution is 2.17. The lowest BCUT2D eigenvalue weighted by atomic mass is 9.91. The molecular formula is C41H56N8O7S2. The number of benzene rings is 2. The van der Waals surface area contributed by atoms with Gasteiger partial charge in [0.15, 0.2) is 0 Å². The van der Waals surface area contributed by atoms with Crippen LogP contribution in [0.3, 0.4) is 0 Å². The van der Waals surface area contributed by atoms with Gasteiger partial charge in [-0.25, -0.2) is 0 Å². The van der Waals surface area contributed by atoms with Crippen molar-refractivity contribution < 1.29 is 31.5 Å². The molecule has 2 heterocycles. The summed E-state index contributed by atoms with van der Waals surface area (Å²) >= 11 is 0. The SMILES string of the molecule is CC(C)C(NS(=O)(=O)N(C)Cc1ccccn1)C(=O)N[C@@H](Cc1ccccc1)C(O)[C@H](Cc1ccccc1)NC(=O)C(NS(=O)(=O)N(C)Cc1ccccn1)C(C)C. The summed E-state index contributed by atoms with van der Waals surface area (Å²) in [5, 5.41) is 18.1. The zero-order valence-electron chi connectivity index (χ0n) is 33.8. The zero-order valence-corrected chi connectivity index (χ0v) is 35.4. The summed E-state index contributed by atoms with van der Waals surface area (Å²) in [7, 11) is -5.62. The highest BCUT2D eigenvalue weighted by molar-refractivity contribution is 7.87. The van der Waals surface area contributed by atoms with E-state index in [1.54, 1.807) is 76.5 Å². The van der Waals surface area contributed by atoms with Gasteiger partial charge in [-0.1, -0.05) is 100 Å². The van der Waals surface area contributed by atoms with Gasteiger partial charge in [0.25, 0.3) is 20.4 Å². The van der Waals surface area contributed by atoms with Gasteiger partial charge < -0.3 is 15.7 Å². The van der Waals surface area contributed by atoms with Crippen LogP contribution in [0.25, 0.3) is 0 Å². The van der Waals surface area contributed by atoms with E-state index in [1.807, 2.05) is 60.7 Å². The molecule has 0 fully saturated rings. The minimum absolute atomic E-state index is 0.0349. The quantitative estimate of drug-likeness (QED) is 0.0789. The highest BCUT2D eigenvalue weighted by atomic mass is 32.2. The molecule has 2 aromatic carbocycles. The van der Waals surface area contributed by atoms with Crippen molar-refractivity contribution in [3.05, 3.63) is 132 Å². The van der Waals surface area contributed by atoms with Crippen molar-refractivity contribution in [3.8, 4) is 0 Å². The maximum atomic E-state index is 14.1. The molecule has 314 valence electrons. The number of nitrogens with zero attached hydrogens (tertiary/aromatic N) is 4. The minimum atomic E-state index is -4.19.